The Morgan fingerprint density at radius 3 is 2.22 bits per heavy atom. The molecule has 0 aliphatic heterocycles. The Hall–Kier alpha value is -0.530. The molecule has 2 heteroatoms. The van der Waals surface area contributed by atoms with E-state index in [9.17, 15) is 0 Å². The molecule has 0 bridgehead atoms. The molecule has 0 atom stereocenters. The zero-order valence-corrected chi connectivity index (χ0v) is 12.5. The topological polar surface area (TPSA) is 16.6 Å². The Morgan fingerprint density at radius 1 is 0.833 bits per heavy atom. The summed E-state index contributed by atoms with van der Waals surface area (Å²) in [5.74, 6) is 0. The van der Waals surface area contributed by atoms with Crippen LogP contribution in [0.15, 0.2) is 30.3 Å². The van der Waals surface area contributed by atoms with Crippen LogP contribution in [0.2, 0.25) is 0 Å². The van der Waals surface area contributed by atoms with Crippen molar-refractivity contribution in [1.82, 2.24) is 0 Å². The van der Waals surface area contributed by atoms with E-state index in [0.717, 1.165) is 0 Å². The highest BCUT2D eigenvalue weighted by Crippen LogP contribution is 2.03. The first-order chi connectivity index (χ1) is 8.43. The molecular weight excluding hydrogens is 242 g/mol. The molecule has 1 nitrogen and oxygen atoms in total. The van der Waals surface area contributed by atoms with E-state index in [-0.39, 0.29) is 12.4 Å². The lowest BCUT2D eigenvalue weighted by Gasteiger charge is -2.02. The van der Waals surface area contributed by atoms with Crippen molar-refractivity contribution < 1.29 is 17.7 Å². The molecular formula is C16H28ClN. The second kappa shape index (κ2) is 12.9. The van der Waals surface area contributed by atoms with Gasteiger partial charge in [0.1, 0.15) is 0 Å². The van der Waals surface area contributed by atoms with Gasteiger partial charge in [-0.1, -0.05) is 62.9 Å². The minimum absolute atomic E-state index is 0. The predicted octanol–water partition coefficient (Wildman–Crippen LogP) is 0.157. The molecule has 2 N–H and O–H groups in total. The van der Waals surface area contributed by atoms with Gasteiger partial charge in [0.25, 0.3) is 0 Å². The third kappa shape index (κ3) is 9.49. The van der Waals surface area contributed by atoms with Crippen LogP contribution in [0.5, 0.6) is 0 Å². The zero-order valence-electron chi connectivity index (χ0n) is 11.7. The lowest BCUT2D eigenvalue weighted by molar-refractivity contribution is -0.654. The fraction of sp³-hybridized carbons (Fsp3) is 0.625. The Bertz CT molecular complexity index is 261. The van der Waals surface area contributed by atoms with Gasteiger partial charge in [-0.25, -0.2) is 0 Å². The van der Waals surface area contributed by atoms with Gasteiger partial charge in [-0.3, -0.25) is 0 Å². The maximum absolute atomic E-state index is 2.47. The molecule has 1 rings (SSSR count). The van der Waals surface area contributed by atoms with Crippen LogP contribution < -0.4 is 17.7 Å². The van der Waals surface area contributed by atoms with E-state index in [1.807, 2.05) is 0 Å². The van der Waals surface area contributed by atoms with Crippen molar-refractivity contribution in [3.63, 3.8) is 0 Å². The van der Waals surface area contributed by atoms with E-state index in [0.29, 0.717) is 0 Å². The number of hydrogen-bond donors (Lipinski definition) is 1. The monoisotopic (exact) mass is 269 g/mol. The summed E-state index contributed by atoms with van der Waals surface area (Å²) in [7, 11) is 0. The Labute approximate surface area is 119 Å². The van der Waals surface area contributed by atoms with Crippen molar-refractivity contribution in [2.24, 2.45) is 0 Å². The Morgan fingerprint density at radius 2 is 1.50 bits per heavy atom. The van der Waals surface area contributed by atoms with Crippen molar-refractivity contribution in [2.75, 3.05) is 13.1 Å². The zero-order chi connectivity index (χ0) is 12.2. The van der Waals surface area contributed by atoms with Crippen molar-refractivity contribution in [3.8, 4) is 0 Å². The van der Waals surface area contributed by atoms with E-state index >= 15 is 0 Å². The number of halogens is 1. The van der Waals surface area contributed by atoms with E-state index in [1.165, 1.54) is 63.6 Å². The minimum atomic E-state index is 0. The van der Waals surface area contributed by atoms with Crippen LogP contribution in [0.25, 0.3) is 0 Å². The number of nitrogens with two attached hydrogens (primary N) is 1. The lowest BCUT2D eigenvalue weighted by atomic mass is 10.1. The van der Waals surface area contributed by atoms with E-state index in [4.69, 9.17) is 0 Å². The molecule has 0 unspecified atom stereocenters. The number of hydrogen-bond acceptors (Lipinski definition) is 0. The molecule has 104 valence electrons. The van der Waals surface area contributed by atoms with E-state index < -0.39 is 0 Å². The standard InChI is InChI=1S/C16H27N.ClH/c1-2-3-4-5-6-10-14-17-15-13-16-11-8-7-9-12-16;/h7-9,11-12,17H,2-6,10,13-15H2,1H3;1H. The first-order valence-corrected chi connectivity index (χ1v) is 7.29. The molecule has 0 aliphatic carbocycles. The molecule has 0 amide bonds. The maximum Gasteiger partial charge on any atom is 0.0796 e. The molecule has 0 saturated carbocycles. The number of rotatable bonds is 10. The predicted molar refractivity (Wildman–Crippen MR) is 75.2 cm³/mol. The van der Waals surface area contributed by atoms with Crippen LogP contribution in [-0.2, 0) is 6.42 Å². The quantitative estimate of drug-likeness (QED) is 0.583. The number of unbranched alkanes of at least 4 members (excludes halogenated alkanes) is 5. The Balaban J connectivity index is 0.00000289. The van der Waals surface area contributed by atoms with Crippen molar-refractivity contribution >= 4 is 0 Å². The average molecular weight is 270 g/mol. The first-order valence-electron chi connectivity index (χ1n) is 7.29. The Kier molecular flexibility index (Phi) is 12.5. The fourth-order valence-electron chi connectivity index (χ4n) is 2.13. The molecule has 0 spiro atoms. The molecule has 0 saturated heterocycles. The third-order valence-electron chi connectivity index (χ3n) is 3.24. The highest BCUT2D eigenvalue weighted by molar-refractivity contribution is 5.14. The summed E-state index contributed by atoms with van der Waals surface area (Å²) in [5.41, 5.74) is 1.46. The molecule has 0 aromatic heterocycles. The van der Waals surface area contributed by atoms with E-state index in [2.05, 4.69) is 42.6 Å². The summed E-state index contributed by atoms with van der Waals surface area (Å²) in [6.07, 6.45) is 9.64. The van der Waals surface area contributed by atoms with Gasteiger partial charge in [0.05, 0.1) is 13.1 Å². The molecule has 1 aromatic rings. The highest BCUT2D eigenvalue weighted by Gasteiger charge is 1.95. The van der Waals surface area contributed by atoms with Gasteiger partial charge in [0.2, 0.25) is 0 Å². The van der Waals surface area contributed by atoms with Crippen LogP contribution in [0, 0.1) is 0 Å². The summed E-state index contributed by atoms with van der Waals surface area (Å²) in [6, 6.07) is 10.8. The molecule has 0 heterocycles. The van der Waals surface area contributed by atoms with Gasteiger partial charge in [-0.05, 0) is 18.4 Å². The summed E-state index contributed by atoms with van der Waals surface area (Å²) in [6.45, 7) is 4.81. The molecule has 0 aliphatic rings. The van der Waals surface area contributed by atoms with Gasteiger partial charge in [-0.2, -0.15) is 0 Å². The van der Waals surface area contributed by atoms with Gasteiger partial charge < -0.3 is 17.7 Å². The van der Waals surface area contributed by atoms with E-state index in [1.54, 1.807) is 0 Å². The van der Waals surface area contributed by atoms with Crippen LogP contribution in [-0.4, -0.2) is 13.1 Å². The second-order valence-electron chi connectivity index (χ2n) is 4.87. The number of quaternary nitrogens is 1. The molecule has 1 aromatic carbocycles. The summed E-state index contributed by atoms with van der Waals surface area (Å²) >= 11 is 0. The molecule has 0 radical (unpaired) electrons. The highest BCUT2D eigenvalue weighted by atomic mass is 35.5. The molecule has 18 heavy (non-hydrogen) atoms. The van der Waals surface area contributed by atoms with Crippen molar-refractivity contribution in [3.05, 3.63) is 35.9 Å². The second-order valence-corrected chi connectivity index (χ2v) is 4.87. The fourth-order valence-corrected chi connectivity index (χ4v) is 2.13. The van der Waals surface area contributed by atoms with Crippen molar-refractivity contribution in [1.29, 1.82) is 0 Å². The summed E-state index contributed by atoms with van der Waals surface area (Å²) in [5, 5.41) is 2.47. The largest absolute Gasteiger partial charge is 1.00 e. The molecule has 0 fully saturated rings. The smallest absolute Gasteiger partial charge is 0.0796 e. The van der Waals surface area contributed by atoms with Gasteiger partial charge in [0.15, 0.2) is 0 Å². The normalized spacial score (nSPS) is 10.1. The third-order valence-corrected chi connectivity index (χ3v) is 3.24. The van der Waals surface area contributed by atoms with Gasteiger partial charge in [-0.15, -0.1) is 0 Å². The number of benzene rings is 1. The van der Waals surface area contributed by atoms with Crippen LogP contribution in [0.1, 0.15) is 51.0 Å². The lowest BCUT2D eigenvalue weighted by Crippen LogP contribution is -3.00. The SMILES string of the molecule is CCCCCCCC[NH2+]CCc1ccccc1.[Cl-]. The minimum Gasteiger partial charge on any atom is -1.00 e. The summed E-state index contributed by atoms with van der Waals surface area (Å²) in [4.78, 5) is 0. The van der Waals surface area contributed by atoms with Crippen LogP contribution >= 0.6 is 0 Å². The van der Waals surface area contributed by atoms with Crippen molar-refractivity contribution in [2.45, 2.75) is 51.9 Å². The maximum atomic E-state index is 2.47. The van der Waals surface area contributed by atoms with Gasteiger partial charge in [0, 0.05) is 6.42 Å². The average Bonchev–Trinajstić information content (AvgIpc) is 2.38. The van der Waals surface area contributed by atoms with Crippen LogP contribution in [0.4, 0.5) is 0 Å². The van der Waals surface area contributed by atoms with Gasteiger partial charge >= 0.3 is 0 Å². The summed E-state index contributed by atoms with van der Waals surface area (Å²) < 4.78 is 0. The first kappa shape index (κ1) is 17.5. The van der Waals surface area contributed by atoms with Crippen LogP contribution in [0.3, 0.4) is 0 Å².